The third-order valence-corrected chi connectivity index (χ3v) is 4.68. The van der Waals surface area contributed by atoms with Crippen LogP contribution in [0.5, 0.6) is 0 Å². The number of rotatable bonds is 5. The Morgan fingerprint density at radius 3 is 2.33 bits per heavy atom. The first-order chi connectivity index (χ1) is 14.6. The van der Waals surface area contributed by atoms with Crippen molar-refractivity contribution >= 4 is 5.91 Å². The van der Waals surface area contributed by atoms with E-state index in [1.54, 1.807) is 48.6 Å². The van der Waals surface area contributed by atoms with Gasteiger partial charge in [-0.25, -0.2) is 14.4 Å². The van der Waals surface area contributed by atoms with Crippen LogP contribution in [0.3, 0.4) is 0 Å². The van der Waals surface area contributed by atoms with Gasteiger partial charge in [-0.2, -0.15) is 0 Å². The zero-order valence-electron chi connectivity index (χ0n) is 16.4. The van der Waals surface area contributed by atoms with Crippen LogP contribution in [0.25, 0.3) is 22.6 Å². The fourth-order valence-electron chi connectivity index (χ4n) is 3.14. The highest BCUT2D eigenvalue weighted by Gasteiger charge is 2.20. The fraction of sp³-hybridized carbons (Fsp3) is 0.0833. The maximum absolute atomic E-state index is 13.3. The van der Waals surface area contributed by atoms with Gasteiger partial charge in [-0.1, -0.05) is 30.3 Å². The molecular formula is C24H19FN4O. The molecule has 0 N–H and O–H groups in total. The van der Waals surface area contributed by atoms with E-state index in [9.17, 15) is 9.18 Å². The van der Waals surface area contributed by atoms with E-state index in [2.05, 4.69) is 15.0 Å². The van der Waals surface area contributed by atoms with E-state index in [4.69, 9.17) is 0 Å². The summed E-state index contributed by atoms with van der Waals surface area (Å²) in [6, 6.07) is 19.3. The SMILES string of the molecule is CN(Cc1ccccc1)C(=O)c1cnc(-c2ccc(F)cc2)nc1-c1ccncc1. The molecule has 0 bridgehead atoms. The van der Waals surface area contributed by atoms with Gasteiger partial charge >= 0.3 is 0 Å². The molecule has 0 atom stereocenters. The van der Waals surface area contributed by atoms with E-state index >= 15 is 0 Å². The first-order valence-corrected chi connectivity index (χ1v) is 9.44. The van der Waals surface area contributed by atoms with E-state index in [0.717, 1.165) is 11.1 Å². The zero-order chi connectivity index (χ0) is 20.9. The quantitative estimate of drug-likeness (QED) is 0.492. The van der Waals surface area contributed by atoms with Gasteiger partial charge in [-0.15, -0.1) is 0 Å². The Morgan fingerprint density at radius 2 is 1.63 bits per heavy atom. The average molecular weight is 398 g/mol. The van der Waals surface area contributed by atoms with E-state index < -0.39 is 0 Å². The number of amides is 1. The highest BCUT2D eigenvalue weighted by molar-refractivity contribution is 5.99. The van der Waals surface area contributed by atoms with E-state index in [1.807, 2.05) is 30.3 Å². The summed E-state index contributed by atoms with van der Waals surface area (Å²) < 4.78 is 13.3. The van der Waals surface area contributed by atoms with E-state index in [1.165, 1.54) is 18.3 Å². The molecule has 2 aromatic carbocycles. The van der Waals surface area contributed by atoms with Gasteiger partial charge in [0.05, 0.1) is 11.3 Å². The molecule has 148 valence electrons. The van der Waals surface area contributed by atoms with Crippen LogP contribution in [-0.2, 0) is 6.54 Å². The van der Waals surface area contributed by atoms with Crippen molar-refractivity contribution in [2.75, 3.05) is 7.05 Å². The molecule has 0 unspecified atom stereocenters. The highest BCUT2D eigenvalue weighted by Crippen LogP contribution is 2.25. The maximum atomic E-state index is 13.3. The van der Waals surface area contributed by atoms with Gasteiger partial charge in [0.2, 0.25) is 0 Å². The predicted molar refractivity (Wildman–Crippen MR) is 113 cm³/mol. The predicted octanol–water partition coefficient (Wildman–Crippen LogP) is 4.62. The number of halogens is 1. The third kappa shape index (κ3) is 4.22. The molecule has 4 aromatic rings. The van der Waals surface area contributed by atoms with Gasteiger partial charge in [-0.3, -0.25) is 9.78 Å². The van der Waals surface area contributed by atoms with E-state index in [0.29, 0.717) is 29.2 Å². The number of nitrogens with zero attached hydrogens (tertiary/aromatic N) is 4. The minimum Gasteiger partial charge on any atom is -0.337 e. The number of pyridine rings is 1. The Morgan fingerprint density at radius 1 is 0.933 bits per heavy atom. The Hall–Kier alpha value is -3.93. The molecule has 6 heteroatoms. The van der Waals surface area contributed by atoms with Crippen LogP contribution >= 0.6 is 0 Å². The minimum atomic E-state index is -0.331. The van der Waals surface area contributed by atoms with Crippen molar-refractivity contribution < 1.29 is 9.18 Å². The van der Waals surface area contributed by atoms with E-state index in [-0.39, 0.29) is 11.7 Å². The van der Waals surface area contributed by atoms with Crippen LogP contribution in [-0.4, -0.2) is 32.8 Å². The van der Waals surface area contributed by atoms with Crippen molar-refractivity contribution in [1.29, 1.82) is 0 Å². The lowest BCUT2D eigenvalue weighted by Gasteiger charge is -2.19. The Balaban J connectivity index is 1.73. The van der Waals surface area contributed by atoms with Gasteiger partial charge in [0, 0.05) is 43.3 Å². The summed E-state index contributed by atoms with van der Waals surface area (Å²) in [6.45, 7) is 0.467. The highest BCUT2D eigenvalue weighted by atomic mass is 19.1. The normalized spacial score (nSPS) is 10.6. The van der Waals surface area contributed by atoms with Crippen LogP contribution in [0, 0.1) is 5.82 Å². The molecule has 2 aromatic heterocycles. The zero-order valence-corrected chi connectivity index (χ0v) is 16.4. The molecule has 0 aliphatic carbocycles. The third-order valence-electron chi connectivity index (χ3n) is 4.68. The molecule has 1 amide bonds. The van der Waals surface area contributed by atoms with Crippen LogP contribution in [0.1, 0.15) is 15.9 Å². The molecule has 0 aliphatic rings. The second-order valence-electron chi connectivity index (χ2n) is 6.85. The molecule has 0 saturated carbocycles. The number of carbonyl (C=O) groups excluding carboxylic acids is 1. The average Bonchev–Trinajstić information content (AvgIpc) is 2.80. The topological polar surface area (TPSA) is 59.0 Å². The van der Waals surface area contributed by atoms with Crippen LogP contribution < -0.4 is 0 Å². The van der Waals surface area contributed by atoms with Gasteiger partial charge < -0.3 is 4.90 Å². The summed E-state index contributed by atoms with van der Waals surface area (Å²) in [7, 11) is 1.75. The van der Waals surface area contributed by atoms with Crippen molar-refractivity contribution in [3.8, 4) is 22.6 Å². The summed E-state index contributed by atoms with van der Waals surface area (Å²) >= 11 is 0. The smallest absolute Gasteiger partial charge is 0.257 e. The number of aromatic nitrogens is 3. The van der Waals surface area contributed by atoms with Crippen LogP contribution in [0.4, 0.5) is 4.39 Å². The summed E-state index contributed by atoms with van der Waals surface area (Å²) in [5.41, 5.74) is 3.36. The maximum Gasteiger partial charge on any atom is 0.257 e. The molecular weight excluding hydrogens is 379 g/mol. The molecule has 30 heavy (non-hydrogen) atoms. The van der Waals surface area contributed by atoms with Gasteiger partial charge in [0.25, 0.3) is 5.91 Å². The second-order valence-corrected chi connectivity index (χ2v) is 6.85. The summed E-state index contributed by atoms with van der Waals surface area (Å²) in [5, 5.41) is 0. The first-order valence-electron chi connectivity index (χ1n) is 9.44. The van der Waals surface area contributed by atoms with Crippen molar-refractivity contribution in [2.45, 2.75) is 6.54 Å². The standard InChI is InChI=1S/C24H19FN4O/c1-29(16-17-5-3-2-4-6-17)24(30)21-15-27-23(19-7-9-20(25)10-8-19)28-22(21)18-11-13-26-14-12-18/h2-15H,16H2,1H3. The number of carbonyl (C=O) groups is 1. The van der Waals surface area contributed by atoms with Crippen LogP contribution in [0.15, 0.2) is 85.3 Å². The number of benzene rings is 2. The number of hydrogen-bond acceptors (Lipinski definition) is 4. The largest absolute Gasteiger partial charge is 0.337 e. The lowest BCUT2D eigenvalue weighted by atomic mass is 10.1. The Bertz CT molecular complexity index is 1150. The summed E-state index contributed by atoms with van der Waals surface area (Å²) in [5.74, 6) is -0.0946. The van der Waals surface area contributed by atoms with Crippen molar-refractivity contribution in [2.24, 2.45) is 0 Å². The molecule has 0 saturated heterocycles. The minimum absolute atomic E-state index is 0.184. The number of hydrogen-bond donors (Lipinski definition) is 0. The summed E-state index contributed by atoms with van der Waals surface area (Å²) in [6.07, 6.45) is 4.83. The van der Waals surface area contributed by atoms with Crippen molar-refractivity contribution in [3.63, 3.8) is 0 Å². The van der Waals surface area contributed by atoms with Gasteiger partial charge in [0.15, 0.2) is 5.82 Å². The first kappa shape index (κ1) is 19.4. The van der Waals surface area contributed by atoms with Crippen molar-refractivity contribution in [1.82, 2.24) is 19.9 Å². The van der Waals surface area contributed by atoms with Gasteiger partial charge in [0.1, 0.15) is 5.82 Å². The van der Waals surface area contributed by atoms with Crippen LogP contribution in [0.2, 0.25) is 0 Å². The molecule has 0 spiro atoms. The molecule has 0 radical (unpaired) electrons. The summed E-state index contributed by atoms with van der Waals surface area (Å²) in [4.78, 5) is 27.9. The second kappa shape index (κ2) is 8.61. The Kier molecular flexibility index (Phi) is 5.57. The molecule has 0 aliphatic heterocycles. The lowest BCUT2D eigenvalue weighted by molar-refractivity contribution is 0.0785. The fourth-order valence-corrected chi connectivity index (χ4v) is 3.14. The monoisotopic (exact) mass is 398 g/mol. The van der Waals surface area contributed by atoms with Crippen molar-refractivity contribution in [3.05, 3.63) is 102 Å². The molecule has 0 fully saturated rings. The molecule has 5 nitrogen and oxygen atoms in total. The van der Waals surface area contributed by atoms with Gasteiger partial charge in [-0.05, 0) is 42.0 Å². The molecule has 4 rings (SSSR count). The molecule has 2 heterocycles. The lowest BCUT2D eigenvalue weighted by Crippen LogP contribution is -2.27. The Labute approximate surface area is 173 Å².